The van der Waals surface area contributed by atoms with Crippen LogP contribution >= 0.6 is 0 Å². The molecule has 174 valence electrons. The number of aromatic nitrogens is 2. The highest BCUT2D eigenvalue weighted by molar-refractivity contribution is 7.91. The highest BCUT2D eigenvalue weighted by atomic mass is 32.2. The number of nitrogens with one attached hydrogen (secondary N) is 3. The number of rotatable bonds is 6. The number of hydrogen-bond acceptors (Lipinski definition) is 6. The summed E-state index contributed by atoms with van der Waals surface area (Å²) in [6, 6.07) is 9.71. The summed E-state index contributed by atoms with van der Waals surface area (Å²) >= 11 is 0. The predicted molar refractivity (Wildman–Crippen MR) is 122 cm³/mol. The second-order valence-corrected chi connectivity index (χ2v) is 11.3. The van der Waals surface area contributed by atoms with Gasteiger partial charge in [0.1, 0.15) is 5.82 Å². The van der Waals surface area contributed by atoms with Crippen molar-refractivity contribution < 1.29 is 18.0 Å². The van der Waals surface area contributed by atoms with Crippen molar-refractivity contribution >= 4 is 27.5 Å². The van der Waals surface area contributed by atoms with Gasteiger partial charge in [0.15, 0.2) is 16.1 Å². The van der Waals surface area contributed by atoms with E-state index in [-0.39, 0.29) is 40.4 Å². The SMILES string of the molecule is CC1NC(n2nc(C(C)(C)C)cc2NC(=O)CCS(=O)(=O)c2ccccc2)NC(=O)C1C. The van der Waals surface area contributed by atoms with Gasteiger partial charge in [0, 0.05) is 23.9 Å². The normalized spacial score (nSPS) is 21.8. The molecule has 3 rings (SSSR count). The van der Waals surface area contributed by atoms with Crippen molar-refractivity contribution in [1.82, 2.24) is 20.4 Å². The zero-order valence-corrected chi connectivity index (χ0v) is 19.9. The Morgan fingerprint density at radius 1 is 1.19 bits per heavy atom. The summed E-state index contributed by atoms with van der Waals surface area (Å²) in [7, 11) is -3.57. The second-order valence-electron chi connectivity index (χ2n) is 9.19. The molecule has 3 atom stereocenters. The number of anilines is 1. The van der Waals surface area contributed by atoms with Crippen molar-refractivity contribution in [2.24, 2.45) is 5.92 Å². The number of hydrogen-bond donors (Lipinski definition) is 3. The molecular formula is C22H31N5O4S. The van der Waals surface area contributed by atoms with E-state index < -0.39 is 22.0 Å². The summed E-state index contributed by atoms with van der Waals surface area (Å²) in [5, 5.41) is 13.5. The third-order valence-electron chi connectivity index (χ3n) is 5.58. The van der Waals surface area contributed by atoms with E-state index in [0.717, 1.165) is 5.69 Å². The zero-order valence-electron chi connectivity index (χ0n) is 19.0. The lowest BCUT2D eigenvalue weighted by molar-refractivity contribution is -0.130. The van der Waals surface area contributed by atoms with Crippen LogP contribution in [0.4, 0.5) is 5.82 Å². The number of sulfone groups is 1. The van der Waals surface area contributed by atoms with E-state index in [1.165, 1.54) is 16.8 Å². The quantitative estimate of drug-likeness (QED) is 0.606. The van der Waals surface area contributed by atoms with Crippen molar-refractivity contribution in [3.05, 3.63) is 42.1 Å². The molecule has 1 aliphatic heterocycles. The van der Waals surface area contributed by atoms with Gasteiger partial charge >= 0.3 is 0 Å². The lowest BCUT2D eigenvalue weighted by Gasteiger charge is -2.34. The topological polar surface area (TPSA) is 122 Å². The van der Waals surface area contributed by atoms with E-state index in [0.29, 0.717) is 5.82 Å². The van der Waals surface area contributed by atoms with Crippen LogP contribution in [0.3, 0.4) is 0 Å². The first-order valence-corrected chi connectivity index (χ1v) is 12.3. The first-order chi connectivity index (χ1) is 14.9. The summed E-state index contributed by atoms with van der Waals surface area (Å²) < 4.78 is 26.5. The molecule has 2 amide bonds. The highest BCUT2D eigenvalue weighted by Crippen LogP contribution is 2.27. The Morgan fingerprint density at radius 2 is 1.84 bits per heavy atom. The van der Waals surface area contributed by atoms with E-state index in [1.807, 2.05) is 34.6 Å². The average molecular weight is 462 g/mol. The Kier molecular flexibility index (Phi) is 6.75. The molecule has 1 saturated heterocycles. The van der Waals surface area contributed by atoms with Crippen molar-refractivity contribution in [2.75, 3.05) is 11.1 Å². The van der Waals surface area contributed by atoms with Gasteiger partial charge < -0.3 is 10.6 Å². The van der Waals surface area contributed by atoms with E-state index in [1.54, 1.807) is 24.3 Å². The van der Waals surface area contributed by atoms with Crippen LogP contribution in [0.5, 0.6) is 0 Å². The molecule has 1 fully saturated rings. The van der Waals surface area contributed by atoms with Gasteiger partial charge in [0.25, 0.3) is 0 Å². The van der Waals surface area contributed by atoms with Crippen molar-refractivity contribution in [2.45, 2.75) is 63.7 Å². The summed E-state index contributed by atoms with van der Waals surface area (Å²) in [4.78, 5) is 25.2. The predicted octanol–water partition coefficient (Wildman–Crippen LogP) is 2.18. The minimum Gasteiger partial charge on any atom is -0.322 e. The van der Waals surface area contributed by atoms with Gasteiger partial charge in [-0.3, -0.25) is 14.9 Å². The lowest BCUT2D eigenvalue weighted by atomic mass is 9.92. The monoisotopic (exact) mass is 461 g/mol. The summed E-state index contributed by atoms with van der Waals surface area (Å²) in [6.45, 7) is 9.74. The number of benzene rings is 1. The molecule has 0 radical (unpaired) electrons. The average Bonchev–Trinajstić information content (AvgIpc) is 3.15. The number of amides is 2. The van der Waals surface area contributed by atoms with Crippen LogP contribution in [0, 0.1) is 5.92 Å². The Labute approximate surface area is 188 Å². The second kappa shape index (κ2) is 9.03. The summed E-state index contributed by atoms with van der Waals surface area (Å²) in [5.74, 6) is -0.688. The fourth-order valence-electron chi connectivity index (χ4n) is 3.29. The minimum atomic E-state index is -3.57. The minimum absolute atomic E-state index is 0.0874. The van der Waals surface area contributed by atoms with Gasteiger partial charge in [-0.2, -0.15) is 5.10 Å². The third kappa shape index (κ3) is 5.36. The third-order valence-corrected chi connectivity index (χ3v) is 7.31. The van der Waals surface area contributed by atoms with Gasteiger partial charge in [-0.1, -0.05) is 45.9 Å². The van der Waals surface area contributed by atoms with Crippen LogP contribution in [0.25, 0.3) is 0 Å². The number of carbonyl (C=O) groups is 2. The maximum atomic E-state index is 12.6. The van der Waals surface area contributed by atoms with Crippen LogP contribution < -0.4 is 16.0 Å². The molecule has 1 aliphatic rings. The van der Waals surface area contributed by atoms with Gasteiger partial charge in [-0.15, -0.1) is 0 Å². The van der Waals surface area contributed by atoms with Gasteiger partial charge in [0.2, 0.25) is 11.8 Å². The van der Waals surface area contributed by atoms with Crippen LogP contribution in [-0.4, -0.2) is 41.8 Å². The molecule has 32 heavy (non-hydrogen) atoms. The van der Waals surface area contributed by atoms with E-state index in [9.17, 15) is 18.0 Å². The largest absolute Gasteiger partial charge is 0.322 e. The van der Waals surface area contributed by atoms with Crippen molar-refractivity contribution in [3.8, 4) is 0 Å². The molecule has 2 aromatic rings. The van der Waals surface area contributed by atoms with Crippen LogP contribution in [-0.2, 0) is 24.8 Å². The smallest absolute Gasteiger partial charge is 0.227 e. The van der Waals surface area contributed by atoms with Gasteiger partial charge in [-0.25, -0.2) is 13.1 Å². The van der Waals surface area contributed by atoms with Crippen LogP contribution in [0.2, 0.25) is 0 Å². The molecule has 1 aromatic heterocycles. The standard InChI is InChI=1S/C22H31N5O4S/c1-14-15(2)23-21(25-20(14)29)27-18(13-17(26-27)22(3,4)5)24-19(28)11-12-32(30,31)16-9-7-6-8-10-16/h6-10,13-15,21,23H,11-12H2,1-5H3,(H,24,28)(H,25,29). The first kappa shape index (κ1) is 23.9. The highest BCUT2D eigenvalue weighted by Gasteiger charge is 2.33. The molecule has 0 bridgehead atoms. The molecule has 0 spiro atoms. The molecule has 1 aromatic carbocycles. The zero-order chi connectivity index (χ0) is 23.7. The van der Waals surface area contributed by atoms with Crippen molar-refractivity contribution in [3.63, 3.8) is 0 Å². The molecule has 9 nitrogen and oxygen atoms in total. The fraction of sp³-hybridized carbons (Fsp3) is 0.500. The lowest BCUT2D eigenvalue weighted by Crippen LogP contribution is -2.57. The Hall–Kier alpha value is -2.72. The maximum Gasteiger partial charge on any atom is 0.227 e. The van der Waals surface area contributed by atoms with Crippen molar-refractivity contribution in [1.29, 1.82) is 0 Å². The number of carbonyl (C=O) groups excluding carboxylic acids is 2. The van der Waals surface area contributed by atoms with Crippen LogP contribution in [0.15, 0.2) is 41.3 Å². The maximum absolute atomic E-state index is 12.6. The molecule has 3 N–H and O–H groups in total. The van der Waals surface area contributed by atoms with Gasteiger partial charge in [-0.05, 0) is 19.1 Å². The molecule has 3 unspecified atom stereocenters. The van der Waals surface area contributed by atoms with E-state index in [4.69, 9.17) is 0 Å². The molecule has 0 saturated carbocycles. The molecular weight excluding hydrogens is 430 g/mol. The molecule has 10 heteroatoms. The Bertz CT molecular complexity index is 1090. The summed E-state index contributed by atoms with van der Waals surface area (Å²) in [5.41, 5.74) is 0.436. The molecule has 2 heterocycles. The molecule has 0 aliphatic carbocycles. The van der Waals surface area contributed by atoms with Crippen LogP contribution in [0.1, 0.15) is 53.0 Å². The Morgan fingerprint density at radius 3 is 2.44 bits per heavy atom. The number of nitrogens with zero attached hydrogens (tertiary/aromatic N) is 2. The Balaban J connectivity index is 1.78. The van der Waals surface area contributed by atoms with E-state index in [2.05, 4.69) is 21.0 Å². The fourth-order valence-corrected chi connectivity index (χ4v) is 4.55. The summed E-state index contributed by atoms with van der Waals surface area (Å²) in [6.07, 6.45) is -0.835. The van der Waals surface area contributed by atoms with E-state index >= 15 is 0 Å². The van der Waals surface area contributed by atoms with Gasteiger partial charge in [0.05, 0.1) is 22.3 Å². The first-order valence-electron chi connectivity index (χ1n) is 10.6.